The van der Waals surface area contributed by atoms with Crippen LogP contribution >= 0.6 is 11.3 Å². The van der Waals surface area contributed by atoms with Crippen LogP contribution in [0.5, 0.6) is 5.75 Å². The maximum absolute atomic E-state index is 5.23. The van der Waals surface area contributed by atoms with Gasteiger partial charge in [0, 0.05) is 22.0 Å². The van der Waals surface area contributed by atoms with E-state index in [1.807, 2.05) is 17.4 Å². The smallest absolute Gasteiger partial charge is 0.119 e. The summed E-state index contributed by atoms with van der Waals surface area (Å²) in [6.07, 6.45) is 0. The number of ether oxygens (including phenoxy) is 1. The van der Waals surface area contributed by atoms with E-state index < -0.39 is 0 Å². The molecule has 1 aromatic heterocycles. The summed E-state index contributed by atoms with van der Waals surface area (Å²) in [6, 6.07) is 10.6. The molecule has 0 radical (unpaired) electrons. The maximum Gasteiger partial charge on any atom is 0.119 e. The zero-order chi connectivity index (χ0) is 14.8. The molecule has 2 nitrogen and oxygen atoms in total. The molecule has 1 heterocycles. The molecule has 0 spiro atoms. The first-order valence-corrected chi connectivity index (χ1v) is 7.69. The van der Waals surface area contributed by atoms with Crippen LogP contribution in [-0.2, 0) is 12.0 Å². The second-order valence-corrected chi connectivity index (χ2v) is 7.22. The number of anilines is 1. The van der Waals surface area contributed by atoms with E-state index in [4.69, 9.17) is 4.74 Å². The first kappa shape index (κ1) is 14.9. The van der Waals surface area contributed by atoms with Gasteiger partial charge in [0.05, 0.1) is 7.11 Å². The summed E-state index contributed by atoms with van der Waals surface area (Å²) in [6.45, 7) is 9.73. The molecule has 0 saturated heterocycles. The molecule has 3 heteroatoms. The van der Waals surface area contributed by atoms with E-state index in [0.29, 0.717) is 0 Å². The summed E-state index contributed by atoms with van der Waals surface area (Å²) in [5.41, 5.74) is 2.60. The first-order chi connectivity index (χ1) is 9.40. The third-order valence-corrected chi connectivity index (χ3v) is 4.80. The lowest BCUT2D eigenvalue weighted by Crippen LogP contribution is -2.07. The average molecular weight is 289 g/mol. The van der Waals surface area contributed by atoms with Gasteiger partial charge in [-0.05, 0) is 48.2 Å². The number of nitrogens with one attached hydrogen (secondary N) is 1. The van der Waals surface area contributed by atoms with Crippen molar-refractivity contribution in [3.05, 3.63) is 45.6 Å². The number of benzene rings is 1. The Kier molecular flexibility index (Phi) is 4.39. The first-order valence-electron chi connectivity index (χ1n) is 6.88. The second kappa shape index (κ2) is 5.88. The van der Waals surface area contributed by atoms with Gasteiger partial charge in [-0.2, -0.15) is 0 Å². The molecule has 0 atom stereocenters. The van der Waals surface area contributed by atoms with Crippen molar-refractivity contribution >= 4 is 17.0 Å². The van der Waals surface area contributed by atoms with Crippen LogP contribution in [-0.4, -0.2) is 7.11 Å². The van der Waals surface area contributed by atoms with Crippen molar-refractivity contribution in [2.24, 2.45) is 0 Å². The number of aryl methyl sites for hydroxylation is 1. The molecule has 0 bridgehead atoms. The Labute approximate surface area is 125 Å². The molecule has 0 saturated carbocycles. The molecule has 2 rings (SSSR count). The number of methoxy groups -OCH3 is 1. The van der Waals surface area contributed by atoms with Crippen LogP contribution in [0, 0.1) is 6.92 Å². The zero-order valence-corrected chi connectivity index (χ0v) is 13.7. The summed E-state index contributed by atoms with van der Waals surface area (Å²) in [7, 11) is 1.70. The van der Waals surface area contributed by atoms with E-state index in [1.165, 1.54) is 15.3 Å². The molecule has 2 aromatic rings. The highest BCUT2D eigenvalue weighted by Gasteiger charge is 2.15. The summed E-state index contributed by atoms with van der Waals surface area (Å²) in [5.74, 6) is 0.902. The SMILES string of the molecule is COc1ccc(NCc2ccc(C(C)(C)C)s2)c(C)c1. The van der Waals surface area contributed by atoms with Crippen LogP contribution in [0.1, 0.15) is 36.1 Å². The Bertz CT molecular complexity index is 581. The quantitative estimate of drug-likeness (QED) is 0.857. The largest absolute Gasteiger partial charge is 0.497 e. The molecule has 108 valence electrons. The van der Waals surface area contributed by atoms with Gasteiger partial charge in [0.2, 0.25) is 0 Å². The van der Waals surface area contributed by atoms with Crippen LogP contribution in [0.25, 0.3) is 0 Å². The number of hydrogen-bond acceptors (Lipinski definition) is 3. The van der Waals surface area contributed by atoms with E-state index in [0.717, 1.165) is 18.0 Å². The summed E-state index contributed by atoms with van der Waals surface area (Å²) >= 11 is 1.89. The second-order valence-electron chi connectivity index (χ2n) is 6.05. The Hall–Kier alpha value is -1.48. The van der Waals surface area contributed by atoms with E-state index in [-0.39, 0.29) is 5.41 Å². The average Bonchev–Trinajstić information content (AvgIpc) is 2.86. The van der Waals surface area contributed by atoms with E-state index >= 15 is 0 Å². The number of hydrogen-bond donors (Lipinski definition) is 1. The summed E-state index contributed by atoms with van der Waals surface area (Å²) in [4.78, 5) is 2.80. The van der Waals surface area contributed by atoms with Gasteiger partial charge >= 0.3 is 0 Å². The molecule has 1 N–H and O–H groups in total. The minimum absolute atomic E-state index is 0.235. The highest BCUT2D eigenvalue weighted by atomic mass is 32.1. The van der Waals surface area contributed by atoms with Crippen LogP contribution in [0.2, 0.25) is 0 Å². The van der Waals surface area contributed by atoms with E-state index in [2.05, 4.69) is 57.3 Å². The monoisotopic (exact) mass is 289 g/mol. The lowest BCUT2D eigenvalue weighted by molar-refractivity contribution is 0.414. The summed E-state index contributed by atoms with van der Waals surface area (Å²) < 4.78 is 5.23. The van der Waals surface area contributed by atoms with Crippen molar-refractivity contribution < 1.29 is 4.74 Å². The van der Waals surface area contributed by atoms with Crippen molar-refractivity contribution in [3.8, 4) is 5.75 Å². The molecule has 0 aliphatic heterocycles. The molecule has 0 unspecified atom stereocenters. The third kappa shape index (κ3) is 3.54. The van der Waals surface area contributed by atoms with Crippen molar-refractivity contribution in [3.63, 3.8) is 0 Å². The summed E-state index contributed by atoms with van der Waals surface area (Å²) in [5, 5.41) is 3.50. The lowest BCUT2D eigenvalue weighted by Gasteiger charge is -2.15. The fourth-order valence-electron chi connectivity index (χ4n) is 2.02. The molecule has 0 aliphatic rings. The normalized spacial score (nSPS) is 11.4. The van der Waals surface area contributed by atoms with Crippen LogP contribution in [0.3, 0.4) is 0 Å². The van der Waals surface area contributed by atoms with Crippen molar-refractivity contribution in [2.45, 2.75) is 39.7 Å². The van der Waals surface area contributed by atoms with Gasteiger partial charge in [0.15, 0.2) is 0 Å². The highest BCUT2D eigenvalue weighted by Crippen LogP contribution is 2.30. The molecule has 20 heavy (non-hydrogen) atoms. The zero-order valence-electron chi connectivity index (χ0n) is 12.9. The fourth-order valence-corrected chi connectivity index (χ4v) is 3.02. The van der Waals surface area contributed by atoms with Crippen molar-refractivity contribution in [1.29, 1.82) is 0 Å². The molecule has 0 aliphatic carbocycles. The van der Waals surface area contributed by atoms with Gasteiger partial charge in [-0.25, -0.2) is 0 Å². The Morgan fingerprint density at radius 2 is 1.90 bits per heavy atom. The molecular weight excluding hydrogens is 266 g/mol. The Balaban J connectivity index is 2.04. The highest BCUT2D eigenvalue weighted by molar-refractivity contribution is 7.12. The molecule has 0 amide bonds. The molecule has 1 aromatic carbocycles. The fraction of sp³-hybridized carbons (Fsp3) is 0.412. The number of thiophene rings is 1. The molecule has 0 fully saturated rings. The molecular formula is C17H23NOS. The van der Waals surface area contributed by atoms with Crippen LogP contribution < -0.4 is 10.1 Å². The standard InChI is InChI=1S/C17H23NOS/c1-12-10-13(19-5)6-8-15(12)18-11-14-7-9-16(20-14)17(2,3)4/h6-10,18H,11H2,1-5H3. The van der Waals surface area contributed by atoms with Gasteiger partial charge in [0.1, 0.15) is 5.75 Å². The Morgan fingerprint density at radius 3 is 2.45 bits per heavy atom. The topological polar surface area (TPSA) is 21.3 Å². The van der Waals surface area contributed by atoms with Gasteiger partial charge < -0.3 is 10.1 Å². The maximum atomic E-state index is 5.23. The van der Waals surface area contributed by atoms with Gasteiger partial charge in [-0.15, -0.1) is 11.3 Å². The lowest BCUT2D eigenvalue weighted by atomic mass is 9.95. The van der Waals surface area contributed by atoms with E-state index in [9.17, 15) is 0 Å². The Morgan fingerprint density at radius 1 is 1.15 bits per heavy atom. The minimum atomic E-state index is 0.235. The predicted octanol–water partition coefficient (Wildman–Crippen LogP) is 4.97. The van der Waals surface area contributed by atoms with Gasteiger partial charge in [-0.1, -0.05) is 20.8 Å². The van der Waals surface area contributed by atoms with Gasteiger partial charge in [0.25, 0.3) is 0 Å². The van der Waals surface area contributed by atoms with Gasteiger partial charge in [-0.3, -0.25) is 0 Å². The van der Waals surface area contributed by atoms with Crippen LogP contribution in [0.4, 0.5) is 5.69 Å². The third-order valence-electron chi connectivity index (χ3n) is 3.29. The van der Waals surface area contributed by atoms with Crippen molar-refractivity contribution in [1.82, 2.24) is 0 Å². The van der Waals surface area contributed by atoms with E-state index in [1.54, 1.807) is 7.11 Å². The van der Waals surface area contributed by atoms with Crippen molar-refractivity contribution in [2.75, 3.05) is 12.4 Å². The number of rotatable bonds is 4. The minimum Gasteiger partial charge on any atom is -0.497 e. The van der Waals surface area contributed by atoms with Crippen LogP contribution in [0.15, 0.2) is 30.3 Å². The predicted molar refractivity (Wildman–Crippen MR) is 88.1 cm³/mol.